The summed E-state index contributed by atoms with van der Waals surface area (Å²) in [6.45, 7) is 1.39. The van der Waals surface area contributed by atoms with Crippen LogP contribution in [0.25, 0.3) is 0 Å². The first-order valence-electron chi connectivity index (χ1n) is 6.40. The second kappa shape index (κ2) is 6.82. The molecule has 0 bridgehead atoms. The minimum atomic E-state index is 0.0329. The van der Waals surface area contributed by atoms with Gasteiger partial charge in [0.2, 0.25) is 0 Å². The molecule has 2 aromatic carbocycles. The second-order valence-electron chi connectivity index (χ2n) is 4.43. The molecule has 2 rings (SSSR count). The van der Waals surface area contributed by atoms with Crippen molar-refractivity contribution in [3.63, 3.8) is 0 Å². The molecule has 0 aliphatic heterocycles. The van der Waals surface area contributed by atoms with E-state index in [2.05, 4.69) is 5.32 Å². The van der Waals surface area contributed by atoms with Gasteiger partial charge in [0, 0.05) is 24.7 Å². The number of hydrogen-bond acceptors (Lipinski definition) is 3. The molecule has 4 heteroatoms. The maximum atomic E-state index is 11.0. The van der Waals surface area contributed by atoms with Crippen LogP contribution in [0.5, 0.6) is 17.2 Å². The molecule has 1 radical (unpaired) electrons. The minimum absolute atomic E-state index is 0.0329. The zero-order chi connectivity index (χ0) is 14.4. The Balaban J connectivity index is 1.95. The Morgan fingerprint density at radius 2 is 1.70 bits per heavy atom. The van der Waals surface area contributed by atoms with Crippen molar-refractivity contribution < 1.29 is 14.6 Å². The van der Waals surface area contributed by atoms with Gasteiger partial charge in [-0.1, -0.05) is 18.2 Å². The average Bonchev–Trinajstić information content (AvgIpc) is 2.49. The van der Waals surface area contributed by atoms with Gasteiger partial charge >= 0.3 is 0 Å². The van der Waals surface area contributed by atoms with Crippen molar-refractivity contribution in [2.45, 2.75) is 13.1 Å². The lowest BCUT2D eigenvalue weighted by molar-refractivity contribution is 0.354. The van der Waals surface area contributed by atoms with Crippen LogP contribution in [-0.2, 0) is 18.2 Å². The third-order valence-corrected chi connectivity index (χ3v) is 3.06. The summed E-state index contributed by atoms with van der Waals surface area (Å²) in [6, 6.07) is 12.6. The Bertz CT molecular complexity index is 552. The van der Waals surface area contributed by atoms with E-state index in [4.69, 9.17) is 9.47 Å². The Labute approximate surface area is 119 Å². The van der Waals surface area contributed by atoms with Gasteiger partial charge in [-0.3, -0.25) is 5.11 Å². The SMILES string of the molecule is COc1ccc(CNCc2ccc([O])cc2)c(OC)c1. The summed E-state index contributed by atoms with van der Waals surface area (Å²) in [5.74, 6) is 1.61. The van der Waals surface area contributed by atoms with Crippen LogP contribution in [0.1, 0.15) is 11.1 Å². The summed E-state index contributed by atoms with van der Waals surface area (Å²) < 4.78 is 10.5. The highest BCUT2D eigenvalue weighted by molar-refractivity contribution is 5.40. The largest absolute Gasteiger partial charge is 0.497 e. The molecule has 4 nitrogen and oxygen atoms in total. The minimum Gasteiger partial charge on any atom is -0.497 e. The molecule has 20 heavy (non-hydrogen) atoms. The molecule has 0 atom stereocenters. The molecule has 0 saturated heterocycles. The Morgan fingerprint density at radius 3 is 2.35 bits per heavy atom. The fourth-order valence-electron chi connectivity index (χ4n) is 1.95. The van der Waals surface area contributed by atoms with E-state index in [0.717, 1.165) is 22.6 Å². The van der Waals surface area contributed by atoms with Gasteiger partial charge in [0.25, 0.3) is 0 Å². The van der Waals surface area contributed by atoms with E-state index in [-0.39, 0.29) is 5.75 Å². The number of benzene rings is 2. The van der Waals surface area contributed by atoms with Gasteiger partial charge in [-0.25, -0.2) is 0 Å². The molecule has 0 saturated carbocycles. The van der Waals surface area contributed by atoms with Crippen LogP contribution < -0.4 is 14.8 Å². The van der Waals surface area contributed by atoms with Gasteiger partial charge < -0.3 is 14.8 Å². The number of ether oxygens (including phenoxy) is 2. The normalized spacial score (nSPS) is 10.3. The predicted octanol–water partition coefficient (Wildman–Crippen LogP) is 3.14. The van der Waals surface area contributed by atoms with Gasteiger partial charge in [0.05, 0.1) is 14.2 Å². The molecular weight excluding hydrogens is 254 g/mol. The molecule has 0 unspecified atom stereocenters. The zero-order valence-corrected chi connectivity index (χ0v) is 11.7. The smallest absolute Gasteiger partial charge is 0.178 e. The second-order valence-corrected chi connectivity index (χ2v) is 4.43. The van der Waals surface area contributed by atoms with Crippen LogP contribution in [0.15, 0.2) is 42.5 Å². The molecule has 1 N–H and O–H groups in total. The summed E-state index contributed by atoms with van der Waals surface area (Å²) in [7, 11) is 3.28. The first-order valence-corrected chi connectivity index (χ1v) is 6.40. The maximum Gasteiger partial charge on any atom is 0.178 e. The van der Waals surface area contributed by atoms with E-state index < -0.39 is 0 Å². The Morgan fingerprint density at radius 1 is 0.950 bits per heavy atom. The van der Waals surface area contributed by atoms with Gasteiger partial charge in [-0.2, -0.15) is 0 Å². The van der Waals surface area contributed by atoms with Crippen LogP contribution in [0.2, 0.25) is 0 Å². The molecule has 105 valence electrons. The third-order valence-electron chi connectivity index (χ3n) is 3.06. The summed E-state index contributed by atoms with van der Waals surface area (Å²) in [5, 5.41) is 14.3. The molecule has 0 aliphatic carbocycles. The third kappa shape index (κ3) is 3.65. The van der Waals surface area contributed by atoms with Crippen molar-refractivity contribution in [2.75, 3.05) is 14.2 Å². The highest BCUT2D eigenvalue weighted by Crippen LogP contribution is 2.24. The topological polar surface area (TPSA) is 50.4 Å². The van der Waals surface area contributed by atoms with E-state index in [0.29, 0.717) is 13.1 Å². The molecule has 0 amide bonds. The van der Waals surface area contributed by atoms with E-state index in [1.807, 2.05) is 30.3 Å². The molecule has 0 aliphatic rings. The van der Waals surface area contributed by atoms with Crippen molar-refractivity contribution in [3.05, 3.63) is 53.6 Å². The molecule has 0 aromatic heterocycles. The monoisotopic (exact) mass is 272 g/mol. The molecule has 0 fully saturated rings. The average molecular weight is 272 g/mol. The number of methoxy groups -OCH3 is 2. The van der Waals surface area contributed by atoms with E-state index in [1.165, 1.54) is 0 Å². The fourth-order valence-corrected chi connectivity index (χ4v) is 1.95. The van der Waals surface area contributed by atoms with E-state index >= 15 is 0 Å². The van der Waals surface area contributed by atoms with Gasteiger partial charge in [0.15, 0.2) is 5.75 Å². The summed E-state index contributed by atoms with van der Waals surface area (Å²) in [4.78, 5) is 0. The fraction of sp³-hybridized carbons (Fsp3) is 0.250. The lowest BCUT2D eigenvalue weighted by Crippen LogP contribution is -2.13. The van der Waals surface area contributed by atoms with Gasteiger partial charge in [-0.05, 0) is 23.8 Å². The van der Waals surface area contributed by atoms with Crippen LogP contribution in [0.4, 0.5) is 0 Å². The summed E-state index contributed by atoms with van der Waals surface area (Å²) in [5.41, 5.74) is 2.14. The number of nitrogens with one attached hydrogen (secondary N) is 1. The van der Waals surface area contributed by atoms with Gasteiger partial charge in [0.1, 0.15) is 11.5 Å². The Hall–Kier alpha value is -2.20. The number of rotatable bonds is 6. The first kappa shape index (κ1) is 14.2. The van der Waals surface area contributed by atoms with Gasteiger partial charge in [-0.15, -0.1) is 0 Å². The first-order chi connectivity index (χ1) is 9.72. The standard InChI is InChI=1S/C16H18NO3/c1-19-15-8-5-13(16(9-15)20-2)11-17-10-12-3-6-14(18)7-4-12/h3-9,17H,10-11H2,1-2H3. The lowest BCUT2D eigenvalue weighted by atomic mass is 10.1. The maximum absolute atomic E-state index is 11.0. The highest BCUT2D eigenvalue weighted by atomic mass is 16.5. The van der Waals surface area contributed by atoms with Crippen molar-refractivity contribution >= 4 is 0 Å². The van der Waals surface area contributed by atoms with Crippen molar-refractivity contribution in [2.24, 2.45) is 0 Å². The summed E-state index contributed by atoms with van der Waals surface area (Å²) in [6.07, 6.45) is 0. The lowest BCUT2D eigenvalue weighted by Gasteiger charge is -2.11. The van der Waals surface area contributed by atoms with Crippen molar-refractivity contribution in [1.29, 1.82) is 0 Å². The molecule has 0 spiro atoms. The van der Waals surface area contributed by atoms with Crippen molar-refractivity contribution in [1.82, 2.24) is 5.32 Å². The van der Waals surface area contributed by atoms with Crippen LogP contribution in [0.3, 0.4) is 0 Å². The predicted molar refractivity (Wildman–Crippen MR) is 76.7 cm³/mol. The molecular formula is C16H18NO3. The quantitative estimate of drug-likeness (QED) is 0.879. The summed E-state index contributed by atoms with van der Waals surface area (Å²) >= 11 is 0. The highest BCUT2D eigenvalue weighted by Gasteiger charge is 2.04. The van der Waals surface area contributed by atoms with Crippen LogP contribution in [0, 0.1) is 0 Å². The van der Waals surface area contributed by atoms with E-state index in [1.54, 1.807) is 26.4 Å². The zero-order valence-electron chi connectivity index (χ0n) is 11.7. The molecule has 2 aromatic rings. The van der Waals surface area contributed by atoms with Crippen LogP contribution in [-0.4, -0.2) is 14.2 Å². The van der Waals surface area contributed by atoms with Crippen LogP contribution >= 0.6 is 0 Å². The Kier molecular flexibility index (Phi) is 4.85. The van der Waals surface area contributed by atoms with Crippen molar-refractivity contribution in [3.8, 4) is 17.2 Å². The molecule has 0 heterocycles. The number of hydrogen-bond donors (Lipinski definition) is 1. The van der Waals surface area contributed by atoms with E-state index in [9.17, 15) is 5.11 Å².